The van der Waals surface area contributed by atoms with Crippen LogP contribution < -0.4 is 4.72 Å². The van der Waals surface area contributed by atoms with Crippen molar-refractivity contribution in [2.45, 2.75) is 24.3 Å². The highest BCUT2D eigenvalue weighted by molar-refractivity contribution is 7.89. The molecule has 0 amide bonds. The Morgan fingerprint density at radius 2 is 2.11 bits per heavy atom. The highest BCUT2D eigenvalue weighted by atomic mass is 35.5. The lowest BCUT2D eigenvalue weighted by Crippen LogP contribution is -2.30. The predicted octanol–water partition coefficient (Wildman–Crippen LogP) is 0.762. The van der Waals surface area contributed by atoms with Crippen LogP contribution in [0.1, 0.15) is 12.0 Å². The van der Waals surface area contributed by atoms with Gasteiger partial charge in [0.25, 0.3) is 0 Å². The minimum absolute atomic E-state index is 0.0710. The number of aliphatic hydroxyl groups excluding tert-OH is 1. The molecule has 0 aliphatic carbocycles. The molecule has 0 aromatic heterocycles. The van der Waals surface area contributed by atoms with Gasteiger partial charge in [-0.25, -0.2) is 17.9 Å². The first kappa shape index (κ1) is 15.9. The number of halogens is 1. The van der Waals surface area contributed by atoms with Crippen LogP contribution >= 0.6 is 11.6 Å². The molecular weight excluding hydrogens is 294 g/mol. The number of aryl methyl sites for hydroxylation is 1. The van der Waals surface area contributed by atoms with Crippen molar-refractivity contribution < 1.29 is 23.4 Å². The molecule has 19 heavy (non-hydrogen) atoms. The Balaban J connectivity index is 2.74. The molecular formula is C11H14ClNO5S. The molecule has 0 bridgehead atoms. The van der Waals surface area contributed by atoms with E-state index in [1.54, 1.807) is 6.92 Å². The number of benzene rings is 1. The zero-order chi connectivity index (χ0) is 14.6. The van der Waals surface area contributed by atoms with Gasteiger partial charge in [0, 0.05) is 11.6 Å². The summed E-state index contributed by atoms with van der Waals surface area (Å²) in [6.45, 7) is 1.43. The zero-order valence-corrected chi connectivity index (χ0v) is 11.7. The van der Waals surface area contributed by atoms with Gasteiger partial charge >= 0.3 is 5.97 Å². The van der Waals surface area contributed by atoms with Gasteiger partial charge in [-0.2, -0.15) is 0 Å². The lowest BCUT2D eigenvalue weighted by molar-refractivity contribution is -0.146. The van der Waals surface area contributed by atoms with E-state index in [1.807, 2.05) is 0 Å². The largest absolute Gasteiger partial charge is 0.479 e. The molecule has 3 N–H and O–H groups in total. The number of sulfonamides is 1. The number of rotatable bonds is 6. The third kappa shape index (κ3) is 4.46. The standard InChI is InChI=1S/C11H14ClNO5S/c1-7-6-8(12)2-3-10(7)19(17,18)13-5-4-9(14)11(15)16/h2-3,6,9,13-14H,4-5H2,1H3,(H,15,16)/t9-/m0/s1. The summed E-state index contributed by atoms with van der Waals surface area (Å²) < 4.78 is 26.1. The van der Waals surface area contributed by atoms with Crippen LogP contribution in [0.3, 0.4) is 0 Å². The van der Waals surface area contributed by atoms with Crippen molar-refractivity contribution in [3.8, 4) is 0 Å². The molecule has 1 aromatic rings. The van der Waals surface area contributed by atoms with Crippen LogP contribution in [0.5, 0.6) is 0 Å². The maximum atomic E-state index is 11.9. The summed E-state index contributed by atoms with van der Waals surface area (Å²) in [6.07, 6.45) is -1.80. The SMILES string of the molecule is Cc1cc(Cl)ccc1S(=O)(=O)NCC[C@H](O)C(=O)O. The minimum atomic E-state index is -3.74. The van der Waals surface area contributed by atoms with Crippen molar-refractivity contribution in [2.24, 2.45) is 0 Å². The van der Waals surface area contributed by atoms with Crippen molar-refractivity contribution in [3.05, 3.63) is 28.8 Å². The molecule has 106 valence electrons. The zero-order valence-electron chi connectivity index (χ0n) is 10.1. The summed E-state index contributed by atoms with van der Waals surface area (Å²) in [5, 5.41) is 17.9. The molecule has 0 saturated carbocycles. The van der Waals surface area contributed by atoms with Crippen LogP contribution in [-0.2, 0) is 14.8 Å². The van der Waals surface area contributed by atoms with E-state index in [1.165, 1.54) is 18.2 Å². The monoisotopic (exact) mass is 307 g/mol. The second kappa shape index (κ2) is 6.33. The van der Waals surface area contributed by atoms with Gasteiger partial charge in [0.05, 0.1) is 4.90 Å². The number of nitrogens with one attached hydrogen (secondary N) is 1. The van der Waals surface area contributed by atoms with E-state index in [2.05, 4.69) is 4.72 Å². The number of hydrogen-bond donors (Lipinski definition) is 3. The number of hydrogen-bond acceptors (Lipinski definition) is 4. The maximum Gasteiger partial charge on any atom is 0.332 e. The summed E-state index contributed by atoms with van der Waals surface area (Å²) in [5.74, 6) is -1.39. The highest BCUT2D eigenvalue weighted by Gasteiger charge is 2.18. The normalized spacial score (nSPS) is 13.2. The average Bonchev–Trinajstić information content (AvgIpc) is 2.27. The molecule has 1 rings (SSSR count). The molecule has 0 radical (unpaired) electrons. The van der Waals surface area contributed by atoms with Gasteiger partial charge in [-0.3, -0.25) is 0 Å². The van der Waals surface area contributed by atoms with E-state index in [0.29, 0.717) is 10.6 Å². The summed E-state index contributed by atoms with van der Waals surface area (Å²) in [5.41, 5.74) is 0.485. The van der Waals surface area contributed by atoms with E-state index in [4.69, 9.17) is 21.8 Å². The molecule has 0 spiro atoms. The van der Waals surface area contributed by atoms with Crippen molar-refractivity contribution in [1.29, 1.82) is 0 Å². The Hall–Kier alpha value is -1.15. The number of aliphatic hydroxyl groups is 1. The third-order valence-corrected chi connectivity index (χ3v) is 4.28. The summed E-state index contributed by atoms with van der Waals surface area (Å²) in [4.78, 5) is 10.4. The van der Waals surface area contributed by atoms with Crippen molar-refractivity contribution in [3.63, 3.8) is 0 Å². The van der Waals surface area contributed by atoms with E-state index in [-0.39, 0.29) is 17.9 Å². The molecule has 0 heterocycles. The maximum absolute atomic E-state index is 11.9. The summed E-state index contributed by atoms with van der Waals surface area (Å²) in [6, 6.07) is 4.34. The Kier molecular flexibility index (Phi) is 5.30. The molecule has 0 aliphatic rings. The second-order valence-corrected chi connectivity index (χ2v) is 6.12. The fourth-order valence-electron chi connectivity index (χ4n) is 1.45. The van der Waals surface area contributed by atoms with Gasteiger partial charge in [-0.15, -0.1) is 0 Å². The smallest absolute Gasteiger partial charge is 0.332 e. The highest BCUT2D eigenvalue weighted by Crippen LogP contribution is 2.19. The first-order chi connectivity index (χ1) is 8.74. The van der Waals surface area contributed by atoms with Crippen molar-refractivity contribution in [2.75, 3.05) is 6.54 Å². The van der Waals surface area contributed by atoms with Crippen LogP contribution in [0.15, 0.2) is 23.1 Å². The summed E-state index contributed by atoms with van der Waals surface area (Å²) in [7, 11) is -3.74. The van der Waals surface area contributed by atoms with Crippen LogP contribution in [0.2, 0.25) is 5.02 Å². The molecule has 0 aliphatic heterocycles. The van der Waals surface area contributed by atoms with E-state index >= 15 is 0 Å². The minimum Gasteiger partial charge on any atom is -0.479 e. The fourth-order valence-corrected chi connectivity index (χ4v) is 2.94. The predicted molar refractivity (Wildman–Crippen MR) is 69.6 cm³/mol. The fraction of sp³-hybridized carbons (Fsp3) is 0.364. The first-order valence-corrected chi connectivity index (χ1v) is 7.27. The van der Waals surface area contributed by atoms with Gasteiger partial charge in [-0.05, 0) is 37.1 Å². The molecule has 1 aromatic carbocycles. The molecule has 0 saturated heterocycles. The number of aliphatic carboxylic acids is 1. The average molecular weight is 308 g/mol. The van der Waals surface area contributed by atoms with Crippen LogP contribution in [-0.4, -0.2) is 37.2 Å². The van der Waals surface area contributed by atoms with E-state index < -0.39 is 22.1 Å². The van der Waals surface area contributed by atoms with Gasteiger partial charge < -0.3 is 10.2 Å². The topological polar surface area (TPSA) is 104 Å². The lowest BCUT2D eigenvalue weighted by atomic mass is 10.2. The van der Waals surface area contributed by atoms with Gasteiger partial charge in [0.15, 0.2) is 6.10 Å². The van der Waals surface area contributed by atoms with Crippen LogP contribution in [0.4, 0.5) is 0 Å². The Bertz CT molecular complexity index is 572. The van der Waals surface area contributed by atoms with E-state index in [9.17, 15) is 13.2 Å². The van der Waals surface area contributed by atoms with Crippen molar-refractivity contribution in [1.82, 2.24) is 4.72 Å². The summed E-state index contributed by atoms with van der Waals surface area (Å²) >= 11 is 5.73. The first-order valence-electron chi connectivity index (χ1n) is 5.41. The Morgan fingerprint density at radius 1 is 1.47 bits per heavy atom. The second-order valence-electron chi connectivity index (χ2n) is 3.95. The molecule has 6 nitrogen and oxygen atoms in total. The molecule has 0 unspecified atom stereocenters. The number of carbonyl (C=O) groups is 1. The van der Waals surface area contributed by atoms with Crippen LogP contribution in [0.25, 0.3) is 0 Å². The van der Waals surface area contributed by atoms with Crippen LogP contribution in [0, 0.1) is 6.92 Å². The Morgan fingerprint density at radius 3 is 2.63 bits per heavy atom. The van der Waals surface area contributed by atoms with Gasteiger partial charge in [0.1, 0.15) is 0 Å². The van der Waals surface area contributed by atoms with E-state index in [0.717, 1.165) is 0 Å². The molecule has 1 atom stereocenters. The third-order valence-electron chi connectivity index (χ3n) is 2.42. The Labute approximate surface area is 116 Å². The number of carboxylic acids is 1. The van der Waals surface area contributed by atoms with Gasteiger partial charge in [-0.1, -0.05) is 11.6 Å². The van der Waals surface area contributed by atoms with Crippen molar-refractivity contribution >= 4 is 27.6 Å². The van der Waals surface area contributed by atoms with Gasteiger partial charge in [0.2, 0.25) is 10.0 Å². The lowest BCUT2D eigenvalue weighted by Gasteiger charge is -2.10. The molecule has 8 heteroatoms. The quantitative estimate of drug-likeness (QED) is 0.720. The number of carboxylic acid groups (broad SMARTS) is 1. The molecule has 0 fully saturated rings.